The molecule has 1 atom stereocenters. The second-order valence-electron chi connectivity index (χ2n) is 4.43. The third-order valence-electron chi connectivity index (χ3n) is 3.44. The number of likely N-dealkylation sites (tertiary alicyclic amines) is 1. The smallest absolute Gasteiger partial charge is 0.236 e. The van der Waals surface area contributed by atoms with Gasteiger partial charge in [-0.3, -0.25) is 9.69 Å². The molecule has 0 saturated carbocycles. The monoisotopic (exact) mass is 227 g/mol. The molecule has 1 aliphatic heterocycles. The Balaban J connectivity index is 2.40. The number of amides is 1. The van der Waals surface area contributed by atoms with Crippen LogP contribution >= 0.6 is 0 Å². The van der Waals surface area contributed by atoms with Crippen molar-refractivity contribution in [2.24, 2.45) is 0 Å². The van der Waals surface area contributed by atoms with Crippen LogP contribution in [0.25, 0.3) is 0 Å². The van der Waals surface area contributed by atoms with Crippen LogP contribution in [-0.2, 0) is 4.79 Å². The topological polar surface area (TPSA) is 35.6 Å². The fourth-order valence-corrected chi connectivity index (χ4v) is 2.18. The lowest BCUT2D eigenvalue weighted by molar-refractivity contribution is -0.133. The third-order valence-corrected chi connectivity index (χ3v) is 3.44. The van der Waals surface area contributed by atoms with Crippen molar-refractivity contribution in [2.75, 3.05) is 39.8 Å². The number of carbonyl (C=O) groups is 1. The molecule has 1 aliphatic rings. The van der Waals surface area contributed by atoms with Crippen molar-refractivity contribution < 1.29 is 4.79 Å². The maximum absolute atomic E-state index is 12.0. The average molecular weight is 227 g/mol. The molecule has 0 aliphatic carbocycles. The van der Waals surface area contributed by atoms with Gasteiger partial charge in [-0.15, -0.1) is 0 Å². The zero-order chi connectivity index (χ0) is 12.0. The molecule has 0 radical (unpaired) electrons. The molecular weight excluding hydrogens is 202 g/mol. The zero-order valence-corrected chi connectivity index (χ0v) is 10.8. The third kappa shape index (κ3) is 3.76. The largest absolute Gasteiger partial charge is 0.340 e. The van der Waals surface area contributed by atoms with Gasteiger partial charge in [0.25, 0.3) is 0 Å². The summed E-state index contributed by atoms with van der Waals surface area (Å²) in [6.45, 7) is 8.47. The number of carbonyl (C=O) groups excluding carboxylic acids is 1. The van der Waals surface area contributed by atoms with E-state index >= 15 is 0 Å². The Kier molecular flexibility index (Phi) is 5.77. The molecule has 0 aromatic rings. The summed E-state index contributed by atoms with van der Waals surface area (Å²) in [7, 11) is 1.98. The van der Waals surface area contributed by atoms with Crippen LogP contribution in [0.1, 0.15) is 26.7 Å². The maximum Gasteiger partial charge on any atom is 0.236 e. The first kappa shape index (κ1) is 13.5. The van der Waals surface area contributed by atoms with Crippen LogP contribution in [0.2, 0.25) is 0 Å². The van der Waals surface area contributed by atoms with Gasteiger partial charge in [-0.25, -0.2) is 0 Å². The Morgan fingerprint density at radius 3 is 2.69 bits per heavy atom. The van der Waals surface area contributed by atoms with E-state index in [2.05, 4.69) is 24.1 Å². The highest BCUT2D eigenvalue weighted by Crippen LogP contribution is 2.10. The van der Waals surface area contributed by atoms with Crippen LogP contribution in [0, 0.1) is 0 Å². The number of piperidine rings is 1. The molecule has 1 saturated heterocycles. The van der Waals surface area contributed by atoms with Crippen LogP contribution in [0.3, 0.4) is 0 Å². The Hall–Kier alpha value is -0.610. The summed E-state index contributed by atoms with van der Waals surface area (Å²) in [5.41, 5.74) is 0. The molecule has 1 amide bonds. The van der Waals surface area contributed by atoms with Crippen LogP contribution in [-0.4, -0.2) is 61.5 Å². The summed E-state index contributed by atoms with van der Waals surface area (Å²) in [5.74, 6) is 0.281. The number of rotatable bonds is 5. The molecule has 4 heteroatoms. The first-order valence-corrected chi connectivity index (χ1v) is 6.38. The van der Waals surface area contributed by atoms with Crippen molar-refractivity contribution in [3.05, 3.63) is 0 Å². The van der Waals surface area contributed by atoms with E-state index in [0.717, 1.165) is 32.6 Å². The minimum Gasteiger partial charge on any atom is -0.340 e. The van der Waals surface area contributed by atoms with Crippen LogP contribution in [0.4, 0.5) is 0 Å². The second-order valence-corrected chi connectivity index (χ2v) is 4.43. The molecule has 1 heterocycles. The van der Waals surface area contributed by atoms with Crippen molar-refractivity contribution in [1.82, 2.24) is 15.1 Å². The molecule has 0 aromatic heterocycles. The van der Waals surface area contributed by atoms with Crippen LogP contribution < -0.4 is 5.32 Å². The molecule has 1 unspecified atom stereocenters. The van der Waals surface area contributed by atoms with Gasteiger partial charge >= 0.3 is 0 Å². The molecular formula is C12H25N3O. The number of likely N-dealkylation sites (N-methyl/N-ethyl adjacent to an activating group) is 2. The van der Waals surface area contributed by atoms with Crippen molar-refractivity contribution >= 4 is 5.91 Å². The van der Waals surface area contributed by atoms with E-state index in [0.29, 0.717) is 12.6 Å². The first-order chi connectivity index (χ1) is 7.71. The fourth-order valence-electron chi connectivity index (χ4n) is 2.18. The predicted octanol–water partition coefficient (Wildman–Crippen LogP) is 0.539. The highest BCUT2D eigenvalue weighted by atomic mass is 16.2. The summed E-state index contributed by atoms with van der Waals surface area (Å²) < 4.78 is 0. The summed E-state index contributed by atoms with van der Waals surface area (Å²) in [6, 6.07) is 0.481. The summed E-state index contributed by atoms with van der Waals surface area (Å²) in [6.07, 6.45) is 2.31. The minimum absolute atomic E-state index is 0.281. The van der Waals surface area contributed by atoms with Crippen molar-refractivity contribution in [3.63, 3.8) is 0 Å². The van der Waals surface area contributed by atoms with Gasteiger partial charge in [0.05, 0.1) is 6.54 Å². The number of nitrogens with zero attached hydrogens (tertiary/aromatic N) is 2. The van der Waals surface area contributed by atoms with Crippen molar-refractivity contribution in [1.29, 1.82) is 0 Å². The highest BCUT2D eigenvalue weighted by molar-refractivity contribution is 5.78. The Labute approximate surface area is 99.0 Å². The van der Waals surface area contributed by atoms with E-state index in [1.165, 1.54) is 6.42 Å². The fraction of sp³-hybridized carbons (Fsp3) is 0.917. The molecule has 1 rings (SSSR count). The zero-order valence-electron chi connectivity index (χ0n) is 10.8. The summed E-state index contributed by atoms with van der Waals surface area (Å²) in [5, 5.41) is 3.26. The van der Waals surface area contributed by atoms with E-state index in [1.54, 1.807) is 0 Å². The molecule has 1 fully saturated rings. The van der Waals surface area contributed by atoms with E-state index in [1.807, 2.05) is 11.9 Å². The predicted molar refractivity (Wildman–Crippen MR) is 66.4 cm³/mol. The minimum atomic E-state index is 0.281. The van der Waals surface area contributed by atoms with Gasteiger partial charge in [-0.2, -0.15) is 0 Å². The average Bonchev–Trinajstić information content (AvgIpc) is 2.35. The molecule has 0 bridgehead atoms. The molecule has 16 heavy (non-hydrogen) atoms. The standard InChI is InChI=1S/C12H25N3O/c1-4-14(5-2)10-12(16)15-8-6-7-11(9-15)13-3/h11,13H,4-10H2,1-3H3. The SMILES string of the molecule is CCN(CC)CC(=O)N1CCCC(NC)C1. The lowest BCUT2D eigenvalue weighted by Crippen LogP contribution is -2.49. The Bertz CT molecular complexity index is 216. The number of hydrogen-bond donors (Lipinski definition) is 1. The first-order valence-electron chi connectivity index (χ1n) is 6.38. The van der Waals surface area contributed by atoms with Gasteiger partial charge in [-0.05, 0) is 33.0 Å². The molecule has 4 nitrogen and oxygen atoms in total. The second kappa shape index (κ2) is 6.86. The lowest BCUT2D eigenvalue weighted by atomic mass is 10.1. The summed E-state index contributed by atoms with van der Waals surface area (Å²) in [4.78, 5) is 16.2. The van der Waals surface area contributed by atoms with E-state index in [9.17, 15) is 4.79 Å². The van der Waals surface area contributed by atoms with E-state index in [-0.39, 0.29) is 5.91 Å². The van der Waals surface area contributed by atoms with Gasteiger partial charge < -0.3 is 10.2 Å². The van der Waals surface area contributed by atoms with Crippen molar-refractivity contribution in [2.45, 2.75) is 32.7 Å². The summed E-state index contributed by atoms with van der Waals surface area (Å²) >= 11 is 0. The quantitative estimate of drug-likeness (QED) is 0.744. The number of hydrogen-bond acceptors (Lipinski definition) is 3. The van der Waals surface area contributed by atoms with Gasteiger partial charge in [0.2, 0.25) is 5.91 Å². The highest BCUT2D eigenvalue weighted by Gasteiger charge is 2.23. The maximum atomic E-state index is 12.0. The lowest BCUT2D eigenvalue weighted by Gasteiger charge is -2.33. The van der Waals surface area contributed by atoms with Gasteiger partial charge in [-0.1, -0.05) is 13.8 Å². The molecule has 0 spiro atoms. The molecule has 0 aromatic carbocycles. The Morgan fingerprint density at radius 2 is 2.12 bits per heavy atom. The van der Waals surface area contributed by atoms with Crippen LogP contribution in [0.15, 0.2) is 0 Å². The Morgan fingerprint density at radius 1 is 1.44 bits per heavy atom. The van der Waals surface area contributed by atoms with Gasteiger partial charge in [0.15, 0.2) is 0 Å². The number of nitrogens with one attached hydrogen (secondary N) is 1. The van der Waals surface area contributed by atoms with E-state index < -0.39 is 0 Å². The normalized spacial score (nSPS) is 21.5. The molecule has 94 valence electrons. The van der Waals surface area contributed by atoms with Gasteiger partial charge in [0.1, 0.15) is 0 Å². The van der Waals surface area contributed by atoms with Crippen LogP contribution in [0.5, 0.6) is 0 Å². The molecule has 1 N–H and O–H groups in total. The van der Waals surface area contributed by atoms with Gasteiger partial charge in [0, 0.05) is 19.1 Å². The van der Waals surface area contributed by atoms with E-state index in [4.69, 9.17) is 0 Å². The van der Waals surface area contributed by atoms with Crippen molar-refractivity contribution in [3.8, 4) is 0 Å².